The van der Waals surface area contributed by atoms with E-state index in [1.54, 1.807) is 0 Å². The van der Waals surface area contributed by atoms with Crippen LogP contribution in [0, 0.1) is 17.8 Å². The highest BCUT2D eigenvalue weighted by molar-refractivity contribution is 4.88. The minimum atomic E-state index is -4.03. The summed E-state index contributed by atoms with van der Waals surface area (Å²) < 4.78 is 39.9. The lowest BCUT2D eigenvalue weighted by atomic mass is 9.73. The minimum absolute atomic E-state index is 0.0376. The lowest BCUT2D eigenvalue weighted by Gasteiger charge is -2.38. The largest absolute Gasteiger partial charge is 0.392 e. The van der Waals surface area contributed by atoms with E-state index in [4.69, 9.17) is 0 Å². The predicted molar refractivity (Wildman–Crippen MR) is 82.3 cm³/mol. The SMILES string of the molecule is CCCNC(CCCC(C)C)C1CCCCC1C(F)(F)F. The van der Waals surface area contributed by atoms with Crippen molar-refractivity contribution in [2.24, 2.45) is 17.8 Å². The molecule has 0 amide bonds. The van der Waals surface area contributed by atoms with Gasteiger partial charge in [-0.2, -0.15) is 13.2 Å². The van der Waals surface area contributed by atoms with Crippen molar-refractivity contribution in [3.05, 3.63) is 0 Å². The smallest absolute Gasteiger partial charge is 0.314 e. The lowest BCUT2D eigenvalue weighted by molar-refractivity contribution is -0.199. The second-order valence-corrected chi connectivity index (χ2v) is 6.98. The molecule has 4 heteroatoms. The van der Waals surface area contributed by atoms with Gasteiger partial charge in [-0.05, 0) is 44.1 Å². The van der Waals surface area contributed by atoms with Gasteiger partial charge >= 0.3 is 6.18 Å². The van der Waals surface area contributed by atoms with Crippen LogP contribution in [0.25, 0.3) is 0 Å². The summed E-state index contributed by atoms with van der Waals surface area (Å²) in [7, 11) is 0. The third kappa shape index (κ3) is 6.58. The molecule has 0 aromatic carbocycles. The molecule has 1 rings (SSSR count). The first kappa shape index (κ1) is 18.8. The standard InChI is InChI=1S/C17H32F3N/c1-4-12-21-16(11-7-8-13(2)3)14-9-5-6-10-15(14)17(18,19)20/h13-16,21H,4-12H2,1-3H3. The van der Waals surface area contributed by atoms with E-state index in [0.29, 0.717) is 12.3 Å². The number of hydrogen-bond acceptors (Lipinski definition) is 1. The molecule has 21 heavy (non-hydrogen) atoms. The monoisotopic (exact) mass is 307 g/mol. The zero-order chi connectivity index (χ0) is 15.9. The second kappa shape index (κ2) is 9.02. The molecule has 0 aromatic heterocycles. The average molecular weight is 307 g/mol. The Morgan fingerprint density at radius 2 is 1.76 bits per heavy atom. The molecule has 3 unspecified atom stereocenters. The fourth-order valence-electron chi connectivity index (χ4n) is 3.59. The van der Waals surface area contributed by atoms with Crippen molar-refractivity contribution in [2.75, 3.05) is 6.54 Å². The van der Waals surface area contributed by atoms with E-state index in [9.17, 15) is 13.2 Å². The molecule has 1 aliphatic carbocycles. The maximum atomic E-state index is 13.3. The molecule has 1 N–H and O–H groups in total. The average Bonchev–Trinajstić information content (AvgIpc) is 2.41. The van der Waals surface area contributed by atoms with Gasteiger partial charge in [0.25, 0.3) is 0 Å². The Balaban J connectivity index is 2.68. The van der Waals surface area contributed by atoms with Crippen molar-refractivity contribution >= 4 is 0 Å². The predicted octanol–water partition coefficient (Wildman–Crippen LogP) is 5.55. The zero-order valence-corrected chi connectivity index (χ0v) is 13.8. The maximum Gasteiger partial charge on any atom is 0.392 e. The van der Waals surface area contributed by atoms with Crippen LogP contribution in [0.2, 0.25) is 0 Å². The van der Waals surface area contributed by atoms with Gasteiger partial charge < -0.3 is 5.32 Å². The van der Waals surface area contributed by atoms with Gasteiger partial charge in [0.05, 0.1) is 5.92 Å². The summed E-state index contributed by atoms with van der Waals surface area (Å²) in [4.78, 5) is 0. The van der Waals surface area contributed by atoms with Gasteiger partial charge in [-0.1, -0.05) is 46.5 Å². The highest BCUT2D eigenvalue weighted by atomic mass is 19.4. The number of alkyl halides is 3. The third-order valence-electron chi connectivity index (χ3n) is 4.71. The molecule has 1 aliphatic rings. The van der Waals surface area contributed by atoms with Gasteiger partial charge in [-0.25, -0.2) is 0 Å². The molecule has 3 atom stereocenters. The quantitative estimate of drug-likeness (QED) is 0.620. The molecule has 0 spiro atoms. The fourth-order valence-corrected chi connectivity index (χ4v) is 3.59. The van der Waals surface area contributed by atoms with E-state index < -0.39 is 12.1 Å². The summed E-state index contributed by atoms with van der Waals surface area (Å²) in [6.07, 6.45) is 2.69. The van der Waals surface area contributed by atoms with Crippen LogP contribution in [0.15, 0.2) is 0 Å². The Hall–Kier alpha value is -0.250. The van der Waals surface area contributed by atoms with Crippen LogP contribution in [0.3, 0.4) is 0 Å². The van der Waals surface area contributed by atoms with Gasteiger partial charge in [-0.3, -0.25) is 0 Å². The van der Waals surface area contributed by atoms with Gasteiger partial charge in [0.1, 0.15) is 0 Å². The summed E-state index contributed by atoms with van der Waals surface area (Å²) in [5.41, 5.74) is 0. The van der Waals surface area contributed by atoms with Crippen LogP contribution in [-0.4, -0.2) is 18.8 Å². The first-order valence-corrected chi connectivity index (χ1v) is 8.66. The van der Waals surface area contributed by atoms with Gasteiger partial charge in [-0.15, -0.1) is 0 Å². The van der Waals surface area contributed by atoms with E-state index in [1.807, 2.05) is 0 Å². The molecule has 1 fully saturated rings. The van der Waals surface area contributed by atoms with Crippen molar-refractivity contribution in [3.8, 4) is 0 Å². The lowest BCUT2D eigenvalue weighted by Crippen LogP contribution is -2.46. The molecular weight excluding hydrogens is 275 g/mol. The molecule has 0 aliphatic heterocycles. The van der Waals surface area contributed by atoms with E-state index in [2.05, 4.69) is 26.1 Å². The molecule has 1 nitrogen and oxygen atoms in total. The van der Waals surface area contributed by atoms with Crippen molar-refractivity contribution in [2.45, 2.75) is 84.4 Å². The Kier molecular flexibility index (Phi) is 8.07. The van der Waals surface area contributed by atoms with E-state index in [0.717, 1.165) is 51.5 Å². The molecular formula is C17H32F3N. The zero-order valence-electron chi connectivity index (χ0n) is 13.8. The van der Waals surface area contributed by atoms with Crippen LogP contribution in [0.1, 0.15) is 72.1 Å². The van der Waals surface area contributed by atoms with Crippen LogP contribution in [0.5, 0.6) is 0 Å². The Morgan fingerprint density at radius 1 is 1.10 bits per heavy atom. The minimum Gasteiger partial charge on any atom is -0.314 e. The summed E-state index contributed by atoms with van der Waals surface area (Å²) in [6.45, 7) is 7.24. The number of halogens is 3. The van der Waals surface area contributed by atoms with Gasteiger partial charge in [0.2, 0.25) is 0 Å². The van der Waals surface area contributed by atoms with Crippen molar-refractivity contribution in [3.63, 3.8) is 0 Å². The van der Waals surface area contributed by atoms with Crippen LogP contribution in [0.4, 0.5) is 13.2 Å². The van der Waals surface area contributed by atoms with Crippen molar-refractivity contribution in [1.82, 2.24) is 5.32 Å². The molecule has 0 heterocycles. The van der Waals surface area contributed by atoms with Crippen molar-refractivity contribution < 1.29 is 13.2 Å². The van der Waals surface area contributed by atoms with Crippen LogP contribution >= 0.6 is 0 Å². The topological polar surface area (TPSA) is 12.0 Å². The number of hydrogen-bond donors (Lipinski definition) is 1. The molecule has 0 aromatic rings. The van der Waals surface area contributed by atoms with Crippen LogP contribution in [-0.2, 0) is 0 Å². The molecule has 126 valence electrons. The van der Waals surface area contributed by atoms with E-state index in [-0.39, 0.29) is 12.0 Å². The molecule has 0 radical (unpaired) electrons. The highest BCUT2D eigenvalue weighted by Gasteiger charge is 2.47. The fraction of sp³-hybridized carbons (Fsp3) is 1.00. The Morgan fingerprint density at radius 3 is 2.33 bits per heavy atom. The summed E-state index contributed by atoms with van der Waals surface area (Å²) in [5, 5.41) is 3.41. The molecule has 0 bridgehead atoms. The normalized spacial score (nSPS) is 25.3. The summed E-state index contributed by atoms with van der Waals surface area (Å²) >= 11 is 0. The molecule has 0 saturated heterocycles. The first-order valence-electron chi connectivity index (χ1n) is 8.66. The number of rotatable bonds is 8. The van der Waals surface area contributed by atoms with Crippen LogP contribution < -0.4 is 5.32 Å². The van der Waals surface area contributed by atoms with Gasteiger partial charge in [0.15, 0.2) is 0 Å². The Bertz CT molecular complexity index is 276. The molecule has 1 saturated carbocycles. The highest BCUT2D eigenvalue weighted by Crippen LogP contribution is 2.43. The maximum absolute atomic E-state index is 13.3. The van der Waals surface area contributed by atoms with Gasteiger partial charge in [0, 0.05) is 6.04 Å². The third-order valence-corrected chi connectivity index (χ3v) is 4.71. The van der Waals surface area contributed by atoms with E-state index >= 15 is 0 Å². The second-order valence-electron chi connectivity index (χ2n) is 6.98. The van der Waals surface area contributed by atoms with E-state index in [1.165, 1.54) is 0 Å². The number of nitrogens with one attached hydrogen (secondary N) is 1. The Labute approximate surface area is 128 Å². The summed E-state index contributed by atoms with van der Waals surface area (Å²) in [6, 6.07) is 0.0376. The van der Waals surface area contributed by atoms with Crippen molar-refractivity contribution in [1.29, 1.82) is 0 Å². The first-order chi connectivity index (χ1) is 9.86. The summed E-state index contributed by atoms with van der Waals surface area (Å²) in [5.74, 6) is -0.696.